The maximum Gasteiger partial charge on any atom is 0.432 e. The van der Waals surface area contributed by atoms with Crippen molar-refractivity contribution in [2.24, 2.45) is 17.8 Å². The van der Waals surface area contributed by atoms with E-state index in [1.54, 1.807) is 0 Å². The topological polar surface area (TPSA) is 9.23 Å². The van der Waals surface area contributed by atoms with Gasteiger partial charge in [-0.2, -0.15) is 8.78 Å². The van der Waals surface area contributed by atoms with Gasteiger partial charge in [-0.15, -0.1) is 0 Å². The third kappa shape index (κ3) is 5.78. The predicted octanol–water partition coefficient (Wildman–Crippen LogP) is 9.00. The lowest BCUT2D eigenvalue weighted by Gasteiger charge is -2.34. The molecule has 2 fully saturated rings. The van der Waals surface area contributed by atoms with Crippen LogP contribution in [-0.4, -0.2) is 0 Å². The molecule has 1 nitrogen and oxygen atoms in total. The van der Waals surface area contributed by atoms with E-state index in [1.807, 2.05) is 0 Å². The maximum absolute atomic E-state index is 14.7. The molecule has 0 N–H and O–H groups in total. The fraction of sp³-hybridized carbons (Fsp3) is 0.556. The molecule has 192 valence electrons. The van der Waals surface area contributed by atoms with Crippen molar-refractivity contribution in [3.63, 3.8) is 0 Å². The highest BCUT2D eigenvalue weighted by atomic mass is 19.3. The fourth-order valence-corrected chi connectivity index (χ4v) is 5.81. The molecule has 2 saturated carbocycles. The van der Waals surface area contributed by atoms with Gasteiger partial charge in [0.1, 0.15) is 22.9 Å². The van der Waals surface area contributed by atoms with Crippen LogP contribution < -0.4 is 4.74 Å². The van der Waals surface area contributed by atoms with E-state index >= 15 is 0 Å². The number of ether oxygens (including phenoxy) is 1. The second-order valence-corrected chi connectivity index (χ2v) is 10.2. The lowest BCUT2D eigenvalue weighted by Crippen LogP contribution is -2.26. The Balaban J connectivity index is 1.46. The van der Waals surface area contributed by atoms with Crippen molar-refractivity contribution < 1.29 is 35.5 Å². The Kier molecular flexibility index (Phi) is 7.67. The molecule has 4 rings (SSSR count). The lowest BCUT2D eigenvalue weighted by molar-refractivity contribution is -0.189. The molecule has 2 aliphatic rings. The van der Waals surface area contributed by atoms with Crippen molar-refractivity contribution in [1.29, 1.82) is 0 Å². The van der Waals surface area contributed by atoms with Crippen LogP contribution >= 0.6 is 0 Å². The lowest BCUT2D eigenvalue weighted by atomic mass is 9.72. The average Bonchev–Trinajstić information content (AvgIpc) is 3.01. The molecule has 2 aliphatic carbocycles. The van der Waals surface area contributed by atoms with Gasteiger partial charge in [-0.25, -0.2) is 22.0 Å². The number of rotatable bonds is 5. The van der Waals surface area contributed by atoms with Crippen molar-refractivity contribution in [2.75, 3.05) is 0 Å². The summed E-state index contributed by atoms with van der Waals surface area (Å²) in [4.78, 5) is 0. The molecule has 35 heavy (non-hydrogen) atoms. The van der Waals surface area contributed by atoms with Gasteiger partial charge in [-0.3, -0.25) is 0 Å². The second kappa shape index (κ2) is 10.4. The SMILES string of the molecule is CC1CCCC(C2CCC(c3cc(F)c(C(F)(F)Oc4cc(F)c(F)c(F)c4)c(F)c3)CC2)CC1. The van der Waals surface area contributed by atoms with E-state index in [1.165, 1.54) is 32.1 Å². The van der Waals surface area contributed by atoms with Crippen molar-refractivity contribution in [3.8, 4) is 5.75 Å². The first-order chi connectivity index (χ1) is 16.5. The Hall–Kier alpha value is -2.25. The molecule has 0 saturated heterocycles. The van der Waals surface area contributed by atoms with Crippen LogP contribution in [0.15, 0.2) is 24.3 Å². The molecule has 2 aromatic rings. The zero-order valence-corrected chi connectivity index (χ0v) is 19.5. The van der Waals surface area contributed by atoms with Crippen LogP contribution in [0.5, 0.6) is 5.75 Å². The monoisotopic (exact) mass is 502 g/mol. The number of halogens is 7. The summed E-state index contributed by atoms with van der Waals surface area (Å²) in [5, 5.41) is 0. The van der Waals surface area contributed by atoms with Gasteiger partial charge >= 0.3 is 6.11 Å². The number of alkyl halides is 2. The smallest absolute Gasteiger partial charge is 0.429 e. The highest BCUT2D eigenvalue weighted by Gasteiger charge is 2.42. The van der Waals surface area contributed by atoms with Crippen molar-refractivity contribution in [2.45, 2.75) is 76.7 Å². The molecule has 8 heteroatoms. The normalized spacial score (nSPS) is 25.8. The summed E-state index contributed by atoms with van der Waals surface area (Å²) in [6, 6.07) is 2.15. The van der Waals surface area contributed by atoms with E-state index in [0.29, 0.717) is 17.4 Å². The van der Waals surface area contributed by atoms with Gasteiger partial charge < -0.3 is 4.74 Å². The summed E-state index contributed by atoms with van der Waals surface area (Å²) in [6.45, 7) is 2.29. The van der Waals surface area contributed by atoms with Gasteiger partial charge in [0.2, 0.25) is 0 Å². The molecule has 0 spiro atoms. The minimum absolute atomic E-state index is 0.135. The second-order valence-electron chi connectivity index (χ2n) is 10.2. The van der Waals surface area contributed by atoms with Gasteiger partial charge in [-0.05, 0) is 73.5 Å². The molecular weight excluding hydrogens is 473 g/mol. The quantitative estimate of drug-likeness (QED) is 0.225. The van der Waals surface area contributed by atoms with Gasteiger partial charge in [0, 0.05) is 12.1 Å². The highest BCUT2D eigenvalue weighted by Crippen LogP contribution is 2.44. The molecule has 0 heterocycles. The van der Waals surface area contributed by atoms with Crippen LogP contribution in [0.2, 0.25) is 0 Å². The Bertz CT molecular complexity index is 1000. The van der Waals surface area contributed by atoms with Crippen molar-refractivity contribution >= 4 is 0 Å². The summed E-state index contributed by atoms with van der Waals surface area (Å²) in [5.41, 5.74) is -1.35. The molecule has 2 aromatic carbocycles. The Labute approximate surface area is 200 Å². The van der Waals surface area contributed by atoms with E-state index in [4.69, 9.17) is 0 Å². The summed E-state index contributed by atoms with van der Waals surface area (Å²) in [6.07, 6.45) is 4.93. The van der Waals surface area contributed by atoms with Crippen LogP contribution in [0, 0.1) is 46.8 Å². The van der Waals surface area contributed by atoms with Crippen LogP contribution in [-0.2, 0) is 6.11 Å². The van der Waals surface area contributed by atoms with E-state index in [9.17, 15) is 30.7 Å². The first kappa shape index (κ1) is 25.8. The largest absolute Gasteiger partial charge is 0.432 e. The van der Waals surface area contributed by atoms with Gasteiger partial charge in [0.15, 0.2) is 17.5 Å². The van der Waals surface area contributed by atoms with E-state index in [-0.39, 0.29) is 18.1 Å². The average molecular weight is 503 g/mol. The summed E-state index contributed by atoms with van der Waals surface area (Å²) in [7, 11) is 0. The molecule has 2 atom stereocenters. The summed E-state index contributed by atoms with van der Waals surface area (Å²) >= 11 is 0. The Morgan fingerprint density at radius 2 is 1.23 bits per heavy atom. The van der Waals surface area contributed by atoms with E-state index < -0.39 is 46.5 Å². The van der Waals surface area contributed by atoms with E-state index in [2.05, 4.69) is 11.7 Å². The molecule has 0 aromatic heterocycles. The van der Waals surface area contributed by atoms with Crippen LogP contribution in [0.1, 0.15) is 81.8 Å². The zero-order valence-electron chi connectivity index (χ0n) is 19.5. The Morgan fingerprint density at radius 3 is 1.83 bits per heavy atom. The summed E-state index contributed by atoms with van der Waals surface area (Å²) < 4.78 is 103. The Morgan fingerprint density at radius 1 is 0.686 bits per heavy atom. The van der Waals surface area contributed by atoms with Crippen molar-refractivity contribution in [1.82, 2.24) is 0 Å². The maximum atomic E-state index is 14.7. The van der Waals surface area contributed by atoms with Gasteiger partial charge in [0.05, 0.1) is 0 Å². The predicted molar refractivity (Wildman–Crippen MR) is 118 cm³/mol. The van der Waals surface area contributed by atoms with Crippen LogP contribution in [0.4, 0.5) is 30.7 Å². The standard InChI is InChI=1S/C27H29F7O/c1-15-3-2-4-16(6-5-15)17-7-9-18(10-8-17)19-11-21(28)25(22(29)12-19)27(33,34)35-20-13-23(30)26(32)24(31)14-20/h11-18H,2-10H2,1H3. The minimum Gasteiger partial charge on any atom is -0.429 e. The molecule has 0 aliphatic heterocycles. The first-order valence-electron chi connectivity index (χ1n) is 12.3. The van der Waals surface area contributed by atoms with Crippen LogP contribution in [0.25, 0.3) is 0 Å². The molecule has 0 radical (unpaired) electrons. The van der Waals surface area contributed by atoms with Gasteiger partial charge in [-0.1, -0.05) is 32.6 Å². The molecule has 2 unspecified atom stereocenters. The zero-order chi connectivity index (χ0) is 25.3. The summed E-state index contributed by atoms with van der Waals surface area (Å²) in [5.74, 6) is -7.63. The van der Waals surface area contributed by atoms with E-state index in [0.717, 1.165) is 43.7 Å². The fourth-order valence-electron chi connectivity index (χ4n) is 5.81. The highest BCUT2D eigenvalue weighted by molar-refractivity contribution is 5.33. The molecule has 0 amide bonds. The minimum atomic E-state index is -4.57. The molecule has 0 bridgehead atoms. The van der Waals surface area contributed by atoms with Crippen molar-refractivity contribution in [3.05, 3.63) is 64.5 Å². The number of hydrogen-bond acceptors (Lipinski definition) is 1. The third-order valence-electron chi connectivity index (χ3n) is 7.77. The number of hydrogen-bond donors (Lipinski definition) is 0. The third-order valence-corrected chi connectivity index (χ3v) is 7.77. The van der Waals surface area contributed by atoms with Gasteiger partial charge in [0.25, 0.3) is 0 Å². The molecular formula is C27H29F7O. The van der Waals surface area contributed by atoms with Crippen LogP contribution in [0.3, 0.4) is 0 Å². The number of benzene rings is 2. The first-order valence-corrected chi connectivity index (χ1v) is 12.3.